The van der Waals surface area contributed by atoms with E-state index < -0.39 is 6.09 Å². The summed E-state index contributed by atoms with van der Waals surface area (Å²) in [6.45, 7) is 3.99. The number of hydrogen-bond donors (Lipinski definition) is 0. The molecule has 0 aromatic rings. The lowest BCUT2D eigenvalue weighted by Crippen LogP contribution is -2.25. The van der Waals surface area contributed by atoms with Crippen molar-refractivity contribution in [1.29, 1.82) is 0 Å². The molecule has 1 heterocycles. The predicted molar refractivity (Wildman–Crippen MR) is 96.9 cm³/mol. The lowest BCUT2D eigenvalue weighted by Gasteiger charge is -2.07. The first-order chi connectivity index (χ1) is 11.3. The second-order valence-corrected chi connectivity index (χ2v) is 6.23. The number of aliphatic imine (C=N–C) groups is 1. The molecule has 1 aliphatic rings. The summed E-state index contributed by atoms with van der Waals surface area (Å²) in [6, 6.07) is 0. The summed E-state index contributed by atoms with van der Waals surface area (Å²) >= 11 is 0. The van der Waals surface area contributed by atoms with Gasteiger partial charge in [-0.2, -0.15) is 4.99 Å². The molecule has 4 nitrogen and oxygen atoms in total. The van der Waals surface area contributed by atoms with Gasteiger partial charge in [-0.1, -0.05) is 58.3 Å². The number of ether oxygens (including phenoxy) is 1. The third-order valence-electron chi connectivity index (χ3n) is 4.16. The maximum Gasteiger partial charge on any atom is 0.433 e. The Kier molecular flexibility index (Phi) is 11.1. The van der Waals surface area contributed by atoms with Gasteiger partial charge in [0.1, 0.15) is 12.3 Å². The first-order valence-corrected chi connectivity index (χ1v) is 9.17. The first kappa shape index (κ1) is 19.6. The number of carbonyl (C=O) groups is 1. The maximum atomic E-state index is 11.2. The standard InChI is InChI=1S/C19H33N2O2/c1-3-4-5-6-7-8-9-10-11-12-15-21-16-13-14-18(17-21)20-19(22)23-2/h13-14,16H,3-12,15,17H2,1-2H3/q+1. The molecule has 130 valence electrons. The lowest BCUT2D eigenvalue weighted by atomic mass is 10.1. The number of carbonyl (C=O) groups excluding carboxylic acids is 1. The van der Waals surface area contributed by atoms with E-state index in [1.165, 1.54) is 71.3 Å². The monoisotopic (exact) mass is 321 g/mol. The molecule has 1 aliphatic heterocycles. The molecule has 0 bridgehead atoms. The van der Waals surface area contributed by atoms with Gasteiger partial charge in [0.15, 0.2) is 12.8 Å². The number of unbranched alkanes of at least 4 members (excludes halogenated alkanes) is 9. The topological polar surface area (TPSA) is 41.7 Å². The third-order valence-corrected chi connectivity index (χ3v) is 4.16. The molecule has 0 saturated carbocycles. The van der Waals surface area contributed by atoms with Gasteiger partial charge in [0.25, 0.3) is 0 Å². The first-order valence-electron chi connectivity index (χ1n) is 9.17. The second kappa shape index (κ2) is 13.0. The Balaban J connectivity index is 2.04. The molecule has 23 heavy (non-hydrogen) atoms. The quantitative estimate of drug-likeness (QED) is 0.406. The lowest BCUT2D eigenvalue weighted by molar-refractivity contribution is -0.508. The molecular formula is C19H33N2O2+. The van der Waals surface area contributed by atoms with Crippen LogP contribution in [-0.4, -0.2) is 42.8 Å². The minimum Gasteiger partial charge on any atom is -0.451 e. The van der Waals surface area contributed by atoms with Crippen molar-refractivity contribution in [1.82, 2.24) is 0 Å². The van der Waals surface area contributed by atoms with Crippen molar-refractivity contribution in [2.45, 2.75) is 71.1 Å². The zero-order chi connectivity index (χ0) is 16.8. The molecule has 0 spiro atoms. The minimum absolute atomic E-state index is 0.523. The van der Waals surface area contributed by atoms with E-state index in [1.807, 2.05) is 12.2 Å². The molecule has 1 amide bonds. The van der Waals surface area contributed by atoms with E-state index >= 15 is 0 Å². The number of rotatable bonds is 11. The number of hydrogen-bond acceptors (Lipinski definition) is 2. The third kappa shape index (κ3) is 10.0. The minimum atomic E-state index is -0.523. The fourth-order valence-electron chi connectivity index (χ4n) is 2.78. The normalized spacial score (nSPS) is 15.7. The van der Waals surface area contributed by atoms with Crippen LogP contribution in [0.3, 0.4) is 0 Å². The summed E-state index contributed by atoms with van der Waals surface area (Å²) in [4.78, 5) is 15.1. The van der Waals surface area contributed by atoms with E-state index in [4.69, 9.17) is 0 Å². The van der Waals surface area contributed by atoms with Gasteiger partial charge >= 0.3 is 6.09 Å². The van der Waals surface area contributed by atoms with Gasteiger partial charge in [0, 0.05) is 12.5 Å². The van der Waals surface area contributed by atoms with Gasteiger partial charge in [0.05, 0.1) is 7.11 Å². The number of nitrogens with zero attached hydrogens (tertiary/aromatic N) is 2. The van der Waals surface area contributed by atoms with Crippen molar-refractivity contribution in [2.75, 3.05) is 20.2 Å². The fraction of sp³-hybridized carbons (Fsp3) is 0.737. The molecule has 0 N–H and O–H groups in total. The van der Waals surface area contributed by atoms with Crippen molar-refractivity contribution in [3.05, 3.63) is 12.2 Å². The van der Waals surface area contributed by atoms with Gasteiger partial charge in [-0.15, -0.1) is 0 Å². The van der Waals surface area contributed by atoms with Gasteiger partial charge in [0.2, 0.25) is 0 Å². The number of methoxy groups -OCH3 is 1. The highest BCUT2D eigenvalue weighted by Crippen LogP contribution is 2.10. The Hall–Kier alpha value is -1.45. The summed E-state index contributed by atoms with van der Waals surface area (Å²) in [5, 5.41) is 0. The Morgan fingerprint density at radius 3 is 2.30 bits per heavy atom. The molecule has 0 fully saturated rings. The maximum absolute atomic E-state index is 11.2. The van der Waals surface area contributed by atoms with Crippen molar-refractivity contribution >= 4 is 18.0 Å². The second-order valence-electron chi connectivity index (χ2n) is 6.23. The van der Waals surface area contributed by atoms with E-state index in [1.54, 1.807) is 0 Å². The largest absolute Gasteiger partial charge is 0.451 e. The van der Waals surface area contributed by atoms with E-state index in [0.717, 1.165) is 12.3 Å². The van der Waals surface area contributed by atoms with Crippen LogP contribution in [0.5, 0.6) is 0 Å². The van der Waals surface area contributed by atoms with Crippen LogP contribution < -0.4 is 0 Å². The van der Waals surface area contributed by atoms with Gasteiger partial charge in [-0.25, -0.2) is 9.37 Å². The molecule has 0 unspecified atom stereocenters. The van der Waals surface area contributed by atoms with Crippen LogP contribution >= 0.6 is 0 Å². The molecular weight excluding hydrogens is 288 g/mol. The molecule has 0 aliphatic carbocycles. The zero-order valence-corrected chi connectivity index (χ0v) is 14.9. The van der Waals surface area contributed by atoms with Crippen molar-refractivity contribution in [3.8, 4) is 0 Å². The highest BCUT2D eigenvalue weighted by Gasteiger charge is 2.12. The molecule has 0 aromatic heterocycles. The Morgan fingerprint density at radius 2 is 1.70 bits per heavy atom. The average molecular weight is 321 g/mol. The highest BCUT2D eigenvalue weighted by atomic mass is 16.5. The molecule has 4 heteroatoms. The average Bonchev–Trinajstić information content (AvgIpc) is 2.57. The van der Waals surface area contributed by atoms with Crippen LogP contribution in [-0.2, 0) is 4.74 Å². The summed E-state index contributed by atoms with van der Waals surface area (Å²) < 4.78 is 6.78. The number of allylic oxidation sites excluding steroid dienone is 1. The molecule has 1 rings (SSSR count). The van der Waals surface area contributed by atoms with Crippen LogP contribution in [0.15, 0.2) is 17.1 Å². The van der Waals surface area contributed by atoms with Crippen LogP contribution in [0.4, 0.5) is 4.79 Å². The SMILES string of the molecule is CCCCCCCCCCCC[N+]1=CC=CC(=NC(=O)OC)C1. The molecule has 0 saturated heterocycles. The zero-order valence-electron chi connectivity index (χ0n) is 14.9. The molecule has 0 radical (unpaired) electrons. The predicted octanol–water partition coefficient (Wildman–Crippen LogP) is 4.77. The summed E-state index contributed by atoms with van der Waals surface area (Å²) in [5.74, 6) is 0. The van der Waals surface area contributed by atoms with E-state index in [9.17, 15) is 4.79 Å². The smallest absolute Gasteiger partial charge is 0.433 e. The summed E-state index contributed by atoms with van der Waals surface area (Å²) in [5.41, 5.74) is 0.770. The fourth-order valence-corrected chi connectivity index (χ4v) is 2.78. The van der Waals surface area contributed by atoms with Crippen LogP contribution in [0.2, 0.25) is 0 Å². The van der Waals surface area contributed by atoms with E-state index in [0.29, 0.717) is 6.54 Å². The van der Waals surface area contributed by atoms with Gasteiger partial charge < -0.3 is 4.74 Å². The Labute approximate surface area is 141 Å². The van der Waals surface area contributed by atoms with Crippen molar-refractivity contribution < 1.29 is 14.1 Å². The number of amides is 1. The summed E-state index contributed by atoms with van der Waals surface area (Å²) in [7, 11) is 1.35. The van der Waals surface area contributed by atoms with E-state index in [-0.39, 0.29) is 0 Å². The van der Waals surface area contributed by atoms with Gasteiger partial charge in [-0.05, 0) is 12.5 Å². The Morgan fingerprint density at radius 1 is 1.09 bits per heavy atom. The van der Waals surface area contributed by atoms with Crippen LogP contribution in [0.25, 0.3) is 0 Å². The Bertz CT molecular complexity index is 425. The highest BCUT2D eigenvalue weighted by molar-refractivity contribution is 6.04. The van der Waals surface area contributed by atoms with Crippen LogP contribution in [0, 0.1) is 0 Å². The van der Waals surface area contributed by atoms with E-state index in [2.05, 4.69) is 27.4 Å². The molecule has 0 aromatic carbocycles. The van der Waals surface area contributed by atoms with Gasteiger partial charge in [-0.3, -0.25) is 0 Å². The van der Waals surface area contributed by atoms with Crippen molar-refractivity contribution in [2.24, 2.45) is 4.99 Å². The van der Waals surface area contributed by atoms with Crippen LogP contribution in [0.1, 0.15) is 71.1 Å². The molecule has 0 atom stereocenters. The van der Waals surface area contributed by atoms with Crippen molar-refractivity contribution in [3.63, 3.8) is 0 Å². The summed E-state index contributed by atoms with van der Waals surface area (Å²) in [6.07, 6.45) is 18.9.